The molecule has 78 valence electrons. The smallest absolute Gasteiger partial charge is 0.300 e. The molecule has 3 heteroatoms. The molecule has 0 amide bonds. The van der Waals surface area contributed by atoms with Crippen molar-refractivity contribution in [3.8, 4) is 0 Å². The highest BCUT2D eigenvalue weighted by molar-refractivity contribution is 5.62. The molecule has 1 rings (SSSR count). The third kappa shape index (κ3) is 8.74. The van der Waals surface area contributed by atoms with Crippen LogP contribution in [0.3, 0.4) is 0 Å². The van der Waals surface area contributed by atoms with Crippen molar-refractivity contribution in [3.05, 3.63) is 35.9 Å². The average Bonchev–Trinajstić information content (AvgIpc) is 2.03. The highest BCUT2D eigenvalue weighted by Crippen LogP contribution is 2.01. The van der Waals surface area contributed by atoms with Gasteiger partial charge in [0.1, 0.15) is 0 Å². The number of carboxylic acid groups (broad SMARTS) is 1. The van der Waals surface area contributed by atoms with Gasteiger partial charge in [0.25, 0.3) is 5.97 Å². The Bertz CT molecular complexity index is 250. The Balaban J connectivity index is 0.000000364. The Morgan fingerprint density at radius 1 is 1.36 bits per heavy atom. The summed E-state index contributed by atoms with van der Waals surface area (Å²) in [6, 6.07) is 9.99. The molecule has 0 radical (unpaired) electrons. The highest BCUT2D eigenvalue weighted by Gasteiger charge is 1.95. The lowest BCUT2D eigenvalue weighted by Gasteiger charge is -2.01. The van der Waals surface area contributed by atoms with Crippen LogP contribution in [0.5, 0.6) is 0 Å². The summed E-state index contributed by atoms with van der Waals surface area (Å²) in [6.07, 6.45) is 0.517. The molecule has 0 saturated heterocycles. The summed E-state index contributed by atoms with van der Waals surface area (Å²) in [6.45, 7) is 2.88. The molecule has 0 aromatic heterocycles. The molecule has 0 aliphatic heterocycles. The molecule has 0 heterocycles. The van der Waals surface area contributed by atoms with Crippen LogP contribution in [0, 0.1) is 0 Å². The molecule has 0 aliphatic rings. The van der Waals surface area contributed by atoms with E-state index in [-0.39, 0.29) is 6.10 Å². The summed E-state index contributed by atoms with van der Waals surface area (Å²) >= 11 is 0. The molecule has 0 fully saturated rings. The van der Waals surface area contributed by atoms with E-state index in [2.05, 4.69) is 0 Å². The quantitative estimate of drug-likeness (QED) is 0.757. The number of carbonyl (C=O) groups is 1. The van der Waals surface area contributed by atoms with E-state index in [4.69, 9.17) is 15.0 Å². The van der Waals surface area contributed by atoms with Crippen LogP contribution in [0.2, 0.25) is 0 Å². The van der Waals surface area contributed by atoms with Crippen molar-refractivity contribution >= 4 is 5.97 Å². The van der Waals surface area contributed by atoms with Crippen LogP contribution in [0.1, 0.15) is 19.4 Å². The molecule has 1 unspecified atom stereocenters. The lowest BCUT2D eigenvalue weighted by Crippen LogP contribution is -2.03. The predicted molar refractivity (Wildman–Crippen MR) is 55.1 cm³/mol. The van der Waals surface area contributed by atoms with Crippen LogP contribution in [0.25, 0.3) is 0 Å². The van der Waals surface area contributed by atoms with Gasteiger partial charge in [-0.1, -0.05) is 30.3 Å². The topological polar surface area (TPSA) is 57.5 Å². The van der Waals surface area contributed by atoms with Crippen molar-refractivity contribution in [2.45, 2.75) is 26.4 Å². The molecule has 3 nitrogen and oxygen atoms in total. The number of aliphatic hydroxyl groups is 1. The summed E-state index contributed by atoms with van der Waals surface area (Å²) in [7, 11) is 0. The lowest BCUT2D eigenvalue weighted by atomic mass is 10.1. The standard InChI is InChI=1S/C9H12O.C2H4O2/c1-8(10)7-9-5-3-2-4-6-9;1-2(3)4/h2-6,8,10H,7H2,1H3;1H3,(H,3,4). The fourth-order valence-corrected chi connectivity index (χ4v) is 0.955. The van der Waals surface area contributed by atoms with E-state index in [1.807, 2.05) is 30.3 Å². The third-order valence-electron chi connectivity index (χ3n) is 1.37. The Morgan fingerprint density at radius 2 is 1.79 bits per heavy atom. The first-order valence-electron chi connectivity index (χ1n) is 4.44. The fraction of sp³-hybridized carbons (Fsp3) is 0.364. The Kier molecular flexibility index (Phi) is 6.41. The first-order chi connectivity index (χ1) is 6.52. The van der Waals surface area contributed by atoms with Gasteiger partial charge in [-0.15, -0.1) is 0 Å². The van der Waals surface area contributed by atoms with Gasteiger partial charge in [-0.2, -0.15) is 0 Å². The molecular weight excluding hydrogens is 180 g/mol. The Morgan fingerprint density at radius 3 is 2.14 bits per heavy atom. The maximum atomic E-state index is 9.01. The van der Waals surface area contributed by atoms with Crippen LogP contribution < -0.4 is 0 Å². The van der Waals surface area contributed by atoms with E-state index in [0.29, 0.717) is 0 Å². The molecule has 0 spiro atoms. The van der Waals surface area contributed by atoms with Crippen molar-refractivity contribution < 1.29 is 15.0 Å². The number of aliphatic hydroxyl groups excluding tert-OH is 1. The monoisotopic (exact) mass is 196 g/mol. The number of hydrogen-bond acceptors (Lipinski definition) is 2. The maximum Gasteiger partial charge on any atom is 0.300 e. The van der Waals surface area contributed by atoms with Crippen LogP contribution in [0.15, 0.2) is 30.3 Å². The van der Waals surface area contributed by atoms with Gasteiger partial charge >= 0.3 is 0 Å². The second-order valence-electron chi connectivity index (χ2n) is 3.06. The largest absolute Gasteiger partial charge is 0.481 e. The summed E-state index contributed by atoms with van der Waals surface area (Å²) < 4.78 is 0. The summed E-state index contributed by atoms with van der Waals surface area (Å²) in [4.78, 5) is 9.00. The van der Waals surface area contributed by atoms with E-state index in [9.17, 15) is 0 Å². The minimum absolute atomic E-state index is 0.234. The van der Waals surface area contributed by atoms with Crippen molar-refractivity contribution in [1.29, 1.82) is 0 Å². The molecule has 1 aromatic carbocycles. The molecule has 1 atom stereocenters. The van der Waals surface area contributed by atoms with Crippen LogP contribution in [-0.2, 0) is 11.2 Å². The van der Waals surface area contributed by atoms with Crippen molar-refractivity contribution in [2.24, 2.45) is 0 Å². The van der Waals surface area contributed by atoms with Gasteiger partial charge in [-0.25, -0.2) is 0 Å². The number of carboxylic acids is 1. The summed E-state index contributed by atoms with van der Waals surface area (Å²) in [5.74, 6) is -0.833. The van der Waals surface area contributed by atoms with E-state index in [1.54, 1.807) is 6.92 Å². The van der Waals surface area contributed by atoms with Gasteiger partial charge in [0, 0.05) is 6.92 Å². The predicted octanol–water partition coefficient (Wildman–Crippen LogP) is 1.70. The van der Waals surface area contributed by atoms with Gasteiger partial charge in [0.05, 0.1) is 6.10 Å². The van der Waals surface area contributed by atoms with Crippen LogP contribution in [-0.4, -0.2) is 22.3 Å². The molecule has 2 N–H and O–H groups in total. The maximum absolute atomic E-state index is 9.01. The first-order valence-corrected chi connectivity index (χ1v) is 4.44. The molecular formula is C11H16O3. The average molecular weight is 196 g/mol. The van der Waals surface area contributed by atoms with Crippen LogP contribution in [0.4, 0.5) is 0 Å². The summed E-state index contributed by atoms with van der Waals surface area (Å²) in [5.41, 5.74) is 1.19. The van der Waals surface area contributed by atoms with Crippen molar-refractivity contribution in [3.63, 3.8) is 0 Å². The fourth-order valence-electron chi connectivity index (χ4n) is 0.955. The van der Waals surface area contributed by atoms with E-state index in [1.165, 1.54) is 5.56 Å². The van der Waals surface area contributed by atoms with Crippen molar-refractivity contribution in [1.82, 2.24) is 0 Å². The van der Waals surface area contributed by atoms with E-state index in [0.717, 1.165) is 13.3 Å². The zero-order valence-corrected chi connectivity index (χ0v) is 8.47. The van der Waals surface area contributed by atoms with Gasteiger partial charge in [-0.05, 0) is 18.9 Å². The molecule has 14 heavy (non-hydrogen) atoms. The molecule has 0 aliphatic carbocycles. The second kappa shape index (κ2) is 7.09. The number of benzene rings is 1. The normalized spacial score (nSPS) is 11.1. The number of rotatable bonds is 2. The zero-order chi connectivity index (χ0) is 11.0. The van der Waals surface area contributed by atoms with Crippen molar-refractivity contribution in [2.75, 3.05) is 0 Å². The highest BCUT2D eigenvalue weighted by atomic mass is 16.4. The van der Waals surface area contributed by atoms with Gasteiger partial charge in [0.15, 0.2) is 0 Å². The number of aliphatic carboxylic acids is 1. The summed E-state index contributed by atoms with van der Waals surface area (Å²) in [5, 5.41) is 16.4. The third-order valence-corrected chi connectivity index (χ3v) is 1.37. The van der Waals surface area contributed by atoms with Gasteiger partial charge in [-0.3, -0.25) is 4.79 Å². The minimum atomic E-state index is -0.833. The first kappa shape index (κ1) is 12.7. The molecule has 0 saturated carbocycles. The minimum Gasteiger partial charge on any atom is -0.481 e. The molecule has 0 bridgehead atoms. The number of hydrogen-bond donors (Lipinski definition) is 2. The van der Waals surface area contributed by atoms with E-state index < -0.39 is 5.97 Å². The van der Waals surface area contributed by atoms with Gasteiger partial charge in [0.2, 0.25) is 0 Å². The zero-order valence-electron chi connectivity index (χ0n) is 8.47. The second-order valence-corrected chi connectivity index (χ2v) is 3.06. The molecule has 1 aromatic rings. The lowest BCUT2D eigenvalue weighted by molar-refractivity contribution is -0.134. The van der Waals surface area contributed by atoms with Crippen LogP contribution >= 0.6 is 0 Å². The Labute approximate surface area is 84.0 Å². The SMILES string of the molecule is CC(=O)O.CC(O)Cc1ccccc1. The van der Waals surface area contributed by atoms with E-state index >= 15 is 0 Å². The van der Waals surface area contributed by atoms with Gasteiger partial charge < -0.3 is 10.2 Å². The Hall–Kier alpha value is -1.35.